The normalized spacial score (nSPS) is 17.4. The number of hydrogen-bond donors (Lipinski definition) is 2. The van der Waals surface area contributed by atoms with Gasteiger partial charge in [-0.15, -0.1) is 6.42 Å². The van der Waals surface area contributed by atoms with E-state index in [0.29, 0.717) is 22.7 Å². The number of carboxylic acid groups (broad SMARTS) is 1. The lowest BCUT2D eigenvalue weighted by molar-refractivity contribution is -0.141. The van der Waals surface area contributed by atoms with Crippen LogP contribution in [0.1, 0.15) is 33.7 Å². The zero-order valence-corrected chi connectivity index (χ0v) is 17.1. The topological polar surface area (TPSA) is 88.0 Å². The Balaban J connectivity index is 1.66. The van der Waals surface area contributed by atoms with Crippen LogP contribution in [0.5, 0.6) is 0 Å². The predicted molar refractivity (Wildman–Crippen MR) is 119 cm³/mol. The van der Waals surface area contributed by atoms with Crippen molar-refractivity contribution in [3.8, 4) is 12.3 Å². The third kappa shape index (κ3) is 3.13. The van der Waals surface area contributed by atoms with Crippen LogP contribution in [-0.4, -0.2) is 25.6 Å². The van der Waals surface area contributed by atoms with Crippen LogP contribution in [0.4, 0.5) is 0 Å². The highest BCUT2D eigenvalue weighted by Gasteiger charge is 2.42. The average molecular weight is 427 g/mol. The highest BCUT2D eigenvalue weighted by Crippen LogP contribution is 2.50. The number of aliphatic carboxylic acids is 1. The molecule has 1 aliphatic heterocycles. The first-order chi connectivity index (χ1) is 15.1. The van der Waals surface area contributed by atoms with Gasteiger partial charge in [0.15, 0.2) is 6.04 Å². The van der Waals surface area contributed by atoms with Gasteiger partial charge in [0, 0.05) is 12.3 Å². The van der Waals surface area contributed by atoms with Gasteiger partial charge in [0.05, 0.1) is 27.9 Å². The van der Waals surface area contributed by atoms with E-state index in [-0.39, 0.29) is 5.56 Å². The molecule has 0 fully saturated rings. The zero-order chi connectivity index (χ0) is 21.5. The monoisotopic (exact) mass is 427 g/mol. The van der Waals surface area contributed by atoms with Gasteiger partial charge in [-0.2, -0.15) is 0 Å². The summed E-state index contributed by atoms with van der Waals surface area (Å²) in [5.74, 6) is 1.62. The Morgan fingerprint density at radius 2 is 2.03 bits per heavy atom. The highest BCUT2D eigenvalue weighted by molar-refractivity contribution is 7.99. The number of nitrogens with zero attached hydrogens (tertiary/aromatic N) is 2. The van der Waals surface area contributed by atoms with Gasteiger partial charge in [-0.05, 0) is 28.3 Å². The first-order valence-corrected chi connectivity index (χ1v) is 10.6. The molecule has 0 aliphatic carbocycles. The van der Waals surface area contributed by atoms with E-state index < -0.39 is 17.3 Å². The predicted octanol–water partition coefficient (Wildman–Crippen LogP) is 3.77. The Bertz CT molecular complexity index is 1410. The van der Waals surface area contributed by atoms with Gasteiger partial charge >= 0.3 is 5.97 Å². The van der Waals surface area contributed by atoms with E-state index in [4.69, 9.17) is 6.42 Å². The maximum Gasteiger partial charge on any atom is 0.328 e. The molecule has 2 aromatic heterocycles. The number of hydrogen-bond acceptors (Lipinski definition) is 4. The Morgan fingerprint density at radius 1 is 1.23 bits per heavy atom. The van der Waals surface area contributed by atoms with E-state index >= 15 is 0 Å². The number of carboxylic acids is 1. The molecule has 2 N–H and O–H groups in total. The fourth-order valence-corrected chi connectivity index (χ4v) is 5.67. The van der Waals surface area contributed by atoms with Gasteiger partial charge in [-0.25, -0.2) is 9.78 Å². The van der Waals surface area contributed by atoms with Crippen molar-refractivity contribution in [2.24, 2.45) is 0 Å². The molecule has 0 bridgehead atoms. The minimum Gasteiger partial charge on any atom is -0.480 e. The molecule has 0 saturated carbocycles. The molecule has 2 unspecified atom stereocenters. The van der Waals surface area contributed by atoms with Crippen molar-refractivity contribution in [1.29, 1.82) is 0 Å². The lowest BCUT2D eigenvalue weighted by Crippen LogP contribution is -2.30. The number of aromatic amines is 1. The number of H-pyrrole nitrogens is 1. The Hall–Kier alpha value is -3.76. The van der Waals surface area contributed by atoms with Crippen molar-refractivity contribution in [1.82, 2.24) is 14.5 Å². The van der Waals surface area contributed by atoms with Crippen molar-refractivity contribution in [3.05, 3.63) is 93.8 Å². The van der Waals surface area contributed by atoms with Gasteiger partial charge in [0.1, 0.15) is 0 Å². The molecule has 0 spiro atoms. The van der Waals surface area contributed by atoms with E-state index in [1.54, 1.807) is 6.20 Å². The van der Waals surface area contributed by atoms with Crippen LogP contribution < -0.4 is 5.56 Å². The quantitative estimate of drug-likeness (QED) is 0.484. The molecule has 3 heterocycles. The van der Waals surface area contributed by atoms with Crippen LogP contribution in [0.2, 0.25) is 0 Å². The second-order valence-corrected chi connectivity index (χ2v) is 8.46. The summed E-state index contributed by atoms with van der Waals surface area (Å²) in [7, 11) is 0. The fourth-order valence-electron chi connectivity index (χ4n) is 4.18. The van der Waals surface area contributed by atoms with Gasteiger partial charge in [-0.3, -0.25) is 9.36 Å². The van der Waals surface area contributed by atoms with E-state index in [1.165, 1.54) is 28.7 Å². The van der Waals surface area contributed by atoms with Gasteiger partial charge in [-0.1, -0.05) is 60.1 Å². The van der Waals surface area contributed by atoms with Crippen molar-refractivity contribution in [3.63, 3.8) is 0 Å². The zero-order valence-electron chi connectivity index (χ0n) is 16.3. The molecule has 7 heteroatoms. The van der Waals surface area contributed by atoms with Crippen LogP contribution in [0.15, 0.2) is 70.9 Å². The third-order valence-corrected chi connectivity index (χ3v) is 6.94. The summed E-state index contributed by atoms with van der Waals surface area (Å²) in [4.78, 5) is 32.2. The first-order valence-electron chi connectivity index (χ1n) is 9.68. The lowest BCUT2D eigenvalue weighted by Gasteiger charge is -2.15. The molecule has 2 aromatic carbocycles. The van der Waals surface area contributed by atoms with E-state index in [0.717, 1.165) is 21.9 Å². The number of benzene rings is 2. The number of rotatable bonds is 4. The minimum absolute atomic E-state index is 0.373. The highest BCUT2D eigenvalue weighted by atomic mass is 32.2. The number of terminal acetylenes is 1. The number of fused-ring (bicyclic) bond motifs is 2. The largest absolute Gasteiger partial charge is 0.480 e. The Morgan fingerprint density at radius 3 is 2.77 bits per heavy atom. The Labute approximate surface area is 182 Å². The van der Waals surface area contributed by atoms with Crippen molar-refractivity contribution < 1.29 is 9.90 Å². The van der Waals surface area contributed by atoms with Crippen molar-refractivity contribution in [2.45, 2.75) is 22.7 Å². The molecule has 0 amide bonds. The second kappa shape index (κ2) is 7.49. The second-order valence-electron chi connectivity index (χ2n) is 7.33. The van der Waals surface area contributed by atoms with Crippen molar-refractivity contribution >= 4 is 28.5 Å². The lowest BCUT2D eigenvalue weighted by atomic mass is 9.96. The van der Waals surface area contributed by atoms with Crippen molar-refractivity contribution in [2.75, 3.05) is 0 Å². The number of nitrogens with one attached hydrogen (secondary N) is 1. The third-order valence-electron chi connectivity index (χ3n) is 5.56. The molecule has 2 atom stereocenters. The summed E-state index contributed by atoms with van der Waals surface area (Å²) in [6, 6.07) is 14.5. The van der Waals surface area contributed by atoms with Gasteiger partial charge < -0.3 is 10.1 Å². The standard InChI is InChI=1S/C24H17N3O3S/c1-2-17-16(10-15-8-5-7-14-6-3-4-9-18(14)15)11-20(28)27-21(24(29)30)22(31-23(17)27)19-12-25-13-26-19/h1,3-9,11-13,21-22H,10H2,(H,25,26)(H,29,30). The molecule has 1 aliphatic rings. The number of carbonyl (C=O) groups is 1. The summed E-state index contributed by atoms with van der Waals surface area (Å²) >= 11 is 1.28. The molecule has 6 nitrogen and oxygen atoms in total. The smallest absolute Gasteiger partial charge is 0.328 e. The van der Waals surface area contributed by atoms with E-state index in [2.05, 4.69) is 15.9 Å². The van der Waals surface area contributed by atoms with Crippen LogP contribution in [0, 0.1) is 12.3 Å². The first kappa shape index (κ1) is 19.2. The summed E-state index contributed by atoms with van der Waals surface area (Å²) in [5, 5.41) is 12.0. The molecular weight excluding hydrogens is 410 g/mol. The van der Waals surface area contributed by atoms with Crippen LogP contribution >= 0.6 is 11.8 Å². The van der Waals surface area contributed by atoms with Crippen LogP contribution in [0.25, 0.3) is 10.8 Å². The number of pyridine rings is 1. The molecule has 4 aromatic rings. The van der Waals surface area contributed by atoms with Gasteiger partial charge in [0.25, 0.3) is 5.56 Å². The molecular formula is C24H17N3O3S. The average Bonchev–Trinajstić information content (AvgIpc) is 3.42. The summed E-state index contributed by atoms with van der Waals surface area (Å²) < 4.78 is 1.30. The number of thioether (sulfide) groups is 1. The van der Waals surface area contributed by atoms with Crippen LogP contribution in [-0.2, 0) is 11.2 Å². The van der Waals surface area contributed by atoms with E-state index in [1.807, 2.05) is 42.5 Å². The van der Waals surface area contributed by atoms with E-state index in [9.17, 15) is 14.7 Å². The summed E-state index contributed by atoms with van der Waals surface area (Å²) in [6.07, 6.45) is 9.50. The molecule has 0 radical (unpaired) electrons. The number of imidazole rings is 1. The molecule has 31 heavy (non-hydrogen) atoms. The number of aromatic nitrogens is 3. The van der Waals surface area contributed by atoms with Gasteiger partial charge in [0.2, 0.25) is 0 Å². The SMILES string of the molecule is C#Cc1c(Cc2cccc3ccccc23)cc(=O)n2c1SC(c1c[nH]cn1)C2C(=O)O. The minimum atomic E-state index is -1.09. The summed E-state index contributed by atoms with van der Waals surface area (Å²) in [6.45, 7) is 0. The molecule has 0 saturated heterocycles. The molecule has 5 rings (SSSR count). The molecule has 152 valence electrons. The Kier molecular flexibility index (Phi) is 4.64. The van der Waals surface area contributed by atoms with Crippen LogP contribution in [0.3, 0.4) is 0 Å². The maximum atomic E-state index is 13.1. The maximum absolute atomic E-state index is 13.1. The summed E-state index contributed by atoms with van der Waals surface area (Å²) in [5.41, 5.74) is 2.53. The fraction of sp³-hybridized carbons (Fsp3) is 0.125.